The molecule has 0 unspecified atom stereocenters. The lowest BCUT2D eigenvalue weighted by Gasteiger charge is -2.15. The Labute approximate surface area is 160 Å². The SMILES string of the molecule is O=C(N[C@@H](CO)C(=O)Nc1nc2ccccc2[nH]1)c1ccc2ccccc2c1. The van der Waals surface area contributed by atoms with Crippen LogP contribution in [0.4, 0.5) is 5.95 Å². The number of H-pyrrole nitrogens is 1. The number of rotatable bonds is 5. The second-order valence-corrected chi connectivity index (χ2v) is 6.36. The van der Waals surface area contributed by atoms with E-state index in [1.54, 1.807) is 12.1 Å². The highest BCUT2D eigenvalue weighted by atomic mass is 16.3. The van der Waals surface area contributed by atoms with Gasteiger partial charge in [-0.1, -0.05) is 42.5 Å². The van der Waals surface area contributed by atoms with E-state index in [1.807, 2.05) is 54.6 Å². The van der Waals surface area contributed by atoms with Crippen LogP contribution in [0, 0.1) is 0 Å². The van der Waals surface area contributed by atoms with Crippen molar-refractivity contribution in [2.45, 2.75) is 6.04 Å². The lowest BCUT2D eigenvalue weighted by Crippen LogP contribution is -2.46. The Morgan fingerprint density at radius 2 is 1.75 bits per heavy atom. The molecule has 1 aromatic heterocycles. The average molecular weight is 374 g/mol. The van der Waals surface area contributed by atoms with E-state index in [-0.39, 0.29) is 5.95 Å². The van der Waals surface area contributed by atoms with Gasteiger partial charge in [-0.3, -0.25) is 14.9 Å². The molecule has 0 fully saturated rings. The Balaban J connectivity index is 1.47. The van der Waals surface area contributed by atoms with Crippen molar-refractivity contribution in [3.8, 4) is 0 Å². The number of nitrogens with one attached hydrogen (secondary N) is 3. The molecular weight excluding hydrogens is 356 g/mol. The molecule has 0 saturated carbocycles. The summed E-state index contributed by atoms with van der Waals surface area (Å²) in [6.07, 6.45) is 0. The number of amides is 2. The monoisotopic (exact) mass is 374 g/mol. The van der Waals surface area contributed by atoms with Gasteiger partial charge < -0.3 is 15.4 Å². The zero-order valence-corrected chi connectivity index (χ0v) is 14.8. The third kappa shape index (κ3) is 3.56. The number of carbonyl (C=O) groups excluding carboxylic acids is 2. The number of imidazole rings is 1. The molecule has 0 bridgehead atoms. The lowest BCUT2D eigenvalue weighted by molar-refractivity contribution is -0.118. The summed E-state index contributed by atoms with van der Waals surface area (Å²) in [6, 6.07) is 19.2. The van der Waals surface area contributed by atoms with Crippen molar-refractivity contribution < 1.29 is 14.7 Å². The second-order valence-electron chi connectivity index (χ2n) is 6.36. The van der Waals surface area contributed by atoms with Crippen molar-refractivity contribution in [2.24, 2.45) is 0 Å². The van der Waals surface area contributed by atoms with Crippen LogP contribution in [0.15, 0.2) is 66.7 Å². The van der Waals surface area contributed by atoms with E-state index in [1.165, 1.54) is 0 Å². The van der Waals surface area contributed by atoms with Crippen LogP contribution in [0.5, 0.6) is 0 Å². The van der Waals surface area contributed by atoms with Gasteiger partial charge in [0.05, 0.1) is 17.6 Å². The molecule has 0 aliphatic carbocycles. The smallest absolute Gasteiger partial charge is 0.252 e. The molecule has 1 atom stereocenters. The van der Waals surface area contributed by atoms with Gasteiger partial charge >= 0.3 is 0 Å². The number of anilines is 1. The van der Waals surface area contributed by atoms with Crippen LogP contribution in [0.2, 0.25) is 0 Å². The van der Waals surface area contributed by atoms with Gasteiger partial charge in [0.15, 0.2) is 0 Å². The number of fused-ring (bicyclic) bond motifs is 2. The number of hydrogen-bond donors (Lipinski definition) is 4. The first-order chi connectivity index (χ1) is 13.6. The predicted molar refractivity (Wildman–Crippen MR) is 107 cm³/mol. The molecule has 0 aliphatic heterocycles. The van der Waals surface area contributed by atoms with Crippen LogP contribution in [-0.2, 0) is 4.79 Å². The van der Waals surface area contributed by atoms with Crippen LogP contribution in [-0.4, -0.2) is 39.5 Å². The molecular formula is C21H18N4O3. The fourth-order valence-corrected chi connectivity index (χ4v) is 2.98. The van der Waals surface area contributed by atoms with Gasteiger partial charge in [-0.05, 0) is 35.0 Å². The van der Waals surface area contributed by atoms with E-state index in [4.69, 9.17) is 0 Å². The summed E-state index contributed by atoms with van der Waals surface area (Å²) in [7, 11) is 0. The molecule has 4 rings (SSSR count). The van der Waals surface area contributed by atoms with E-state index in [0.717, 1.165) is 16.3 Å². The van der Waals surface area contributed by atoms with Crippen LogP contribution >= 0.6 is 0 Å². The summed E-state index contributed by atoms with van der Waals surface area (Å²) in [6.45, 7) is -0.536. The maximum atomic E-state index is 12.5. The van der Waals surface area contributed by atoms with Crippen molar-refractivity contribution in [3.63, 3.8) is 0 Å². The third-order valence-corrected chi connectivity index (χ3v) is 4.45. The van der Waals surface area contributed by atoms with Gasteiger partial charge in [0.25, 0.3) is 11.8 Å². The fourth-order valence-electron chi connectivity index (χ4n) is 2.98. The summed E-state index contributed by atoms with van der Waals surface area (Å²) < 4.78 is 0. The van der Waals surface area contributed by atoms with E-state index in [9.17, 15) is 14.7 Å². The first kappa shape index (κ1) is 17.7. The van der Waals surface area contributed by atoms with Crippen LogP contribution in [0.1, 0.15) is 10.4 Å². The summed E-state index contributed by atoms with van der Waals surface area (Å²) in [4.78, 5) is 32.2. The Bertz CT molecular complexity index is 1140. The number of nitrogens with zero attached hydrogens (tertiary/aromatic N) is 1. The van der Waals surface area contributed by atoms with E-state index in [0.29, 0.717) is 11.1 Å². The third-order valence-electron chi connectivity index (χ3n) is 4.45. The molecule has 4 N–H and O–H groups in total. The molecule has 0 radical (unpaired) electrons. The molecule has 140 valence electrons. The van der Waals surface area contributed by atoms with Gasteiger partial charge in [0, 0.05) is 5.56 Å². The first-order valence-corrected chi connectivity index (χ1v) is 8.80. The number of aliphatic hydroxyl groups is 1. The summed E-state index contributed by atoms with van der Waals surface area (Å²) in [5, 5.41) is 16.7. The molecule has 0 saturated heterocycles. The highest BCUT2D eigenvalue weighted by molar-refractivity contribution is 6.03. The molecule has 28 heavy (non-hydrogen) atoms. The molecule has 1 heterocycles. The number of hydrogen-bond acceptors (Lipinski definition) is 4. The Hall–Kier alpha value is -3.71. The number of aromatic amines is 1. The van der Waals surface area contributed by atoms with Gasteiger partial charge in [0.2, 0.25) is 5.95 Å². The van der Waals surface area contributed by atoms with Crippen molar-refractivity contribution in [1.82, 2.24) is 15.3 Å². The predicted octanol–water partition coefficient (Wildman–Crippen LogP) is 2.45. The molecule has 2 amide bonds. The Morgan fingerprint density at radius 1 is 1.00 bits per heavy atom. The Morgan fingerprint density at radius 3 is 2.54 bits per heavy atom. The largest absolute Gasteiger partial charge is 0.394 e. The van der Waals surface area contributed by atoms with Gasteiger partial charge in [0.1, 0.15) is 6.04 Å². The van der Waals surface area contributed by atoms with Crippen molar-refractivity contribution in [2.75, 3.05) is 11.9 Å². The second kappa shape index (κ2) is 7.50. The summed E-state index contributed by atoms with van der Waals surface area (Å²) >= 11 is 0. The number of benzene rings is 3. The minimum atomic E-state index is -1.10. The molecule has 0 aliphatic rings. The zero-order chi connectivity index (χ0) is 19.5. The maximum absolute atomic E-state index is 12.5. The van der Waals surface area contributed by atoms with E-state index >= 15 is 0 Å². The zero-order valence-electron chi connectivity index (χ0n) is 14.8. The van der Waals surface area contributed by atoms with Crippen LogP contribution < -0.4 is 10.6 Å². The van der Waals surface area contributed by atoms with Crippen molar-refractivity contribution in [1.29, 1.82) is 0 Å². The maximum Gasteiger partial charge on any atom is 0.252 e. The standard InChI is InChI=1S/C21H18N4O3/c26-12-18(20(28)25-21-23-16-7-3-4-8-17(16)24-21)22-19(27)15-10-9-13-5-1-2-6-14(13)11-15/h1-11,18,26H,12H2,(H,22,27)(H2,23,24,25,28)/t18-/m0/s1. The number of carbonyl (C=O) groups is 2. The van der Waals surface area contributed by atoms with Crippen molar-refractivity contribution >= 4 is 39.6 Å². The summed E-state index contributed by atoms with van der Waals surface area (Å²) in [5.74, 6) is -0.746. The summed E-state index contributed by atoms with van der Waals surface area (Å²) in [5.41, 5.74) is 1.89. The van der Waals surface area contributed by atoms with E-state index in [2.05, 4.69) is 20.6 Å². The van der Waals surface area contributed by atoms with Gasteiger partial charge in [-0.15, -0.1) is 0 Å². The first-order valence-electron chi connectivity index (χ1n) is 8.80. The quantitative estimate of drug-likeness (QED) is 0.430. The van der Waals surface area contributed by atoms with Gasteiger partial charge in [-0.2, -0.15) is 0 Å². The highest BCUT2D eigenvalue weighted by Gasteiger charge is 2.22. The van der Waals surface area contributed by atoms with E-state index < -0.39 is 24.5 Å². The van der Waals surface area contributed by atoms with Crippen molar-refractivity contribution in [3.05, 3.63) is 72.3 Å². The number of aliphatic hydroxyl groups excluding tert-OH is 1. The molecule has 0 spiro atoms. The number of aromatic nitrogens is 2. The minimum absolute atomic E-state index is 0.254. The lowest BCUT2D eigenvalue weighted by atomic mass is 10.1. The number of para-hydroxylation sites is 2. The normalized spacial score (nSPS) is 12.0. The molecule has 7 nitrogen and oxygen atoms in total. The minimum Gasteiger partial charge on any atom is -0.394 e. The highest BCUT2D eigenvalue weighted by Crippen LogP contribution is 2.16. The average Bonchev–Trinajstić information content (AvgIpc) is 3.13. The molecule has 3 aromatic carbocycles. The Kier molecular flexibility index (Phi) is 4.74. The molecule has 4 aromatic rings. The fraction of sp³-hybridized carbons (Fsp3) is 0.0952. The van der Waals surface area contributed by atoms with Gasteiger partial charge in [-0.25, -0.2) is 4.98 Å². The molecule has 7 heteroatoms. The van der Waals surface area contributed by atoms with Crippen LogP contribution in [0.3, 0.4) is 0 Å². The topological polar surface area (TPSA) is 107 Å². The van der Waals surface area contributed by atoms with Crippen LogP contribution in [0.25, 0.3) is 21.8 Å².